The summed E-state index contributed by atoms with van der Waals surface area (Å²) in [5.74, 6) is -1.87. The Bertz CT molecular complexity index is 966. The van der Waals surface area contributed by atoms with Gasteiger partial charge < -0.3 is 10.2 Å². The zero-order valence-electron chi connectivity index (χ0n) is 15.3. The summed E-state index contributed by atoms with van der Waals surface area (Å²) in [5.41, 5.74) is 3.51. The minimum Gasteiger partial charge on any atom is -0.338 e. The maximum Gasteiger partial charge on any atom is 0.354 e. The van der Waals surface area contributed by atoms with Gasteiger partial charge in [-0.15, -0.1) is 0 Å². The molecule has 3 aromatic rings. The topological polar surface area (TPSA) is 110 Å². The normalized spacial score (nSPS) is 11.2. The Morgan fingerprint density at radius 3 is 2.28 bits per heavy atom. The molecule has 0 aliphatic rings. The Hall–Kier alpha value is -4.07. The summed E-state index contributed by atoms with van der Waals surface area (Å²) < 4.78 is 0. The highest BCUT2D eigenvalue weighted by Gasteiger charge is 2.25. The summed E-state index contributed by atoms with van der Waals surface area (Å²) in [6, 6.07) is 14.3. The number of carbonyl (C=O) groups excluding carboxylic acids is 3. The molecule has 8 nitrogen and oxygen atoms in total. The van der Waals surface area contributed by atoms with Gasteiger partial charge in [0.2, 0.25) is 0 Å². The lowest BCUT2D eigenvalue weighted by Crippen LogP contribution is -2.45. The number of carbonyl (C=O) groups is 3. The third-order valence-corrected chi connectivity index (χ3v) is 3.98. The Kier molecular flexibility index (Phi) is 6.62. The molecule has 0 aliphatic carbocycles. The van der Waals surface area contributed by atoms with E-state index in [1.54, 1.807) is 18.3 Å². The first-order chi connectivity index (χ1) is 14.1. The SMILES string of the molecule is O=C(NOC(=O)[C@H](Cc1ccccc1)NC(=O)c1cccnc1)c1ccncc1. The summed E-state index contributed by atoms with van der Waals surface area (Å²) in [6.07, 6.45) is 6.02. The average Bonchev–Trinajstić information content (AvgIpc) is 2.78. The van der Waals surface area contributed by atoms with Gasteiger partial charge in [0.15, 0.2) is 0 Å². The molecule has 29 heavy (non-hydrogen) atoms. The largest absolute Gasteiger partial charge is 0.354 e. The van der Waals surface area contributed by atoms with E-state index < -0.39 is 23.8 Å². The van der Waals surface area contributed by atoms with Crippen LogP contribution >= 0.6 is 0 Å². The molecule has 1 atom stereocenters. The van der Waals surface area contributed by atoms with Gasteiger partial charge >= 0.3 is 5.97 Å². The van der Waals surface area contributed by atoms with E-state index in [0.717, 1.165) is 5.56 Å². The van der Waals surface area contributed by atoms with Gasteiger partial charge in [0, 0.05) is 36.8 Å². The van der Waals surface area contributed by atoms with E-state index in [1.165, 1.54) is 30.7 Å². The predicted molar refractivity (Wildman–Crippen MR) is 103 cm³/mol. The van der Waals surface area contributed by atoms with E-state index in [1.807, 2.05) is 30.3 Å². The zero-order chi connectivity index (χ0) is 20.5. The van der Waals surface area contributed by atoms with Crippen LogP contribution < -0.4 is 10.8 Å². The third kappa shape index (κ3) is 5.70. The van der Waals surface area contributed by atoms with Crippen LogP contribution in [-0.2, 0) is 16.1 Å². The summed E-state index contributed by atoms with van der Waals surface area (Å²) in [4.78, 5) is 49.7. The van der Waals surface area contributed by atoms with E-state index in [0.29, 0.717) is 5.56 Å². The minimum atomic E-state index is -1.01. The Morgan fingerprint density at radius 1 is 0.828 bits per heavy atom. The number of rotatable bonds is 6. The van der Waals surface area contributed by atoms with Crippen LogP contribution in [0.2, 0.25) is 0 Å². The number of hydroxylamine groups is 1. The fourth-order valence-corrected chi connectivity index (χ4v) is 2.51. The molecule has 0 saturated carbocycles. The molecular weight excluding hydrogens is 372 g/mol. The average molecular weight is 390 g/mol. The molecule has 0 aliphatic heterocycles. The molecule has 0 bridgehead atoms. The van der Waals surface area contributed by atoms with E-state index in [9.17, 15) is 14.4 Å². The summed E-state index contributed by atoms with van der Waals surface area (Å²) in [5, 5.41) is 2.63. The van der Waals surface area contributed by atoms with E-state index in [2.05, 4.69) is 20.8 Å². The molecule has 0 radical (unpaired) electrons. The number of pyridine rings is 2. The van der Waals surface area contributed by atoms with Crippen molar-refractivity contribution < 1.29 is 19.2 Å². The van der Waals surface area contributed by atoms with Gasteiger partial charge in [-0.2, -0.15) is 5.48 Å². The molecule has 0 fully saturated rings. The van der Waals surface area contributed by atoms with Crippen molar-refractivity contribution in [3.05, 3.63) is 96.1 Å². The molecule has 0 saturated heterocycles. The molecular formula is C21H18N4O4. The van der Waals surface area contributed by atoms with Crippen LogP contribution in [0, 0.1) is 0 Å². The molecule has 146 valence electrons. The first kappa shape index (κ1) is 19.7. The van der Waals surface area contributed by atoms with Crippen molar-refractivity contribution in [2.24, 2.45) is 0 Å². The van der Waals surface area contributed by atoms with Crippen LogP contribution in [0.3, 0.4) is 0 Å². The molecule has 1 aromatic carbocycles. The fraction of sp³-hybridized carbons (Fsp3) is 0.0952. The number of amides is 2. The van der Waals surface area contributed by atoms with Crippen molar-refractivity contribution in [3.63, 3.8) is 0 Å². The van der Waals surface area contributed by atoms with E-state index >= 15 is 0 Å². The van der Waals surface area contributed by atoms with Gasteiger partial charge in [-0.3, -0.25) is 19.6 Å². The lowest BCUT2D eigenvalue weighted by molar-refractivity contribution is -0.151. The summed E-state index contributed by atoms with van der Waals surface area (Å²) >= 11 is 0. The maximum absolute atomic E-state index is 12.6. The van der Waals surface area contributed by atoms with Gasteiger partial charge in [0.1, 0.15) is 6.04 Å². The van der Waals surface area contributed by atoms with Gasteiger partial charge in [-0.25, -0.2) is 4.79 Å². The highest BCUT2D eigenvalue weighted by Crippen LogP contribution is 2.06. The molecule has 2 heterocycles. The molecule has 0 unspecified atom stereocenters. The van der Waals surface area contributed by atoms with Gasteiger partial charge in [0.05, 0.1) is 5.56 Å². The highest BCUT2D eigenvalue weighted by atomic mass is 16.7. The minimum absolute atomic E-state index is 0.191. The maximum atomic E-state index is 12.6. The van der Waals surface area contributed by atoms with Crippen LogP contribution in [0.4, 0.5) is 0 Å². The summed E-state index contributed by atoms with van der Waals surface area (Å²) in [6.45, 7) is 0. The number of hydrogen-bond acceptors (Lipinski definition) is 6. The van der Waals surface area contributed by atoms with Crippen LogP contribution in [0.5, 0.6) is 0 Å². The third-order valence-electron chi connectivity index (χ3n) is 3.98. The van der Waals surface area contributed by atoms with Gasteiger partial charge in [0.25, 0.3) is 11.8 Å². The van der Waals surface area contributed by atoms with E-state index in [4.69, 9.17) is 4.84 Å². The van der Waals surface area contributed by atoms with Crippen LogP contribution in [-0.4, -0.2) is 33.8 Å². The van der Waals surface area contributed by atoms with E-state index in [-0.39, 0.29) is 12.0 Å². The smallest absolute Gasteiger partial charge is 0.338 e. The molecule has 2 aromatic heterocycles. The second-order valence-electron chi connectivity index (χ2n) is 6.05. The van der Waals surface area contributed by atoms with Crippen molar-refractivity contribution >= 4 is 17.8 Å². The monoisotopic (exact) mass is 390 g/mol. The van der Waals surface area contributed by atoms with Crippen molar-refractivity contribution in [2.45, 2.75) is 12.5 Å². The molecule has 2 N–H and O–H groups in total. The molecule has 2 amide bonds. The number of nitrogens with one attached hydrogen (secondary N) is 2. The fourth-order valence-electron chi connectivity index (χ4n) is 2.51. The predicted octanol–water partition coefficient (Wildman–Crippen LogP) is 1.71. The second-order valence-corrected chi connectivity index (χ2v) is 6.05. The quantitative estimate of drug-likeness (QED) is 0.620. The Balaban J connectivity index is 1.68. The summed E-state index contributed by atoms with van der Waals surface area (Å²) in [7, 11) is 0. The standard InChI is InChI=1S/C21H18N4O4/c26-19(17-7-4-10-23-14-17)24-18(13-15-5-2-1-3-6-15)21(28)29-25-20(27)16-8-11-22-12-9-16/h1-12,14,18H,13H2,(H,24,26)(H,25,27)/t18-/m0/s1. The van der Waals surface area contributed by atoms with Crippen LogP contribution in [0.25, 0.3) is 0 Å². The van der Waals surface area contributed by atoms with Crippen molar-refractivity contribution in [2.75, 3.05) is 0 Å². The number of benzene rings is 1. The Labute approximate surface area is 166 Å². The van der Waals surface area contributed by atoms with Gasteiger partial charge in [-0.1, -0.05) is 30.3 Å². The first-order valence-electron chi connectivity index (χ1n) is 8.79. The molecule has 3 rings (SSSR count). The van der Waals surface area contributed by atoms with Gasteiger partial charge in [-0.05, 0) is 29.8 Å². The first-order valence-corrected chi connectivity index (χ1v) is 8.79. The number of nitrogens with zero attached hydrogens (tertiary/aromatic N) is 2. The number of hydrogen-bond donors (Lipinski definition) is 2. The molecule has 8 heteroatoms. The molecule has 0 spiro atoms. The van der Waals surface area contributed by atoms with Crippen LogP contribution in [0.1, 0.15) is 26.3 Å². The van der Waals surface area contributed by atoms with Crippen LogP contribution in [0.15, 0.2) is 79.4 Å². The van der Waals surface area contributed by atoms with Crippen molar-refractivity contribution in [3.8, 4) is 0 Å². The van der Waals surface area contributed by atoms with Crippen molar-refractivity contribution in [1.82, 2.24) is 20.8 Å². The zero-order valence-corrected chi connectivity index (χ0v) is 15.3. The second kappa shape index (κ2) is 9.75. The van der Waals surface area contributed by atoms with Crippen molar-refractivity contribution in [1.29, 1.82) is 0 Å². The Morgan fingerprint density at radius 2 is 1.59 bits per heavy atom. The lowest BCUT2D eigenvalue weighted by atomic mass is 10.1. The number of aromatic nitrogens is 2. The lowest BCUT2D eigenvalue weighted by Gasteiger charge is -2.17. The highest BCUT2D eigenvalue weighted by molar-refractivity contribution is 5.97.